The van der Waals surface area contributed by atoms with E-state index in [-0.39, 0.29) is 11.7 Å². The van der Waals surface area contributed by atoms with E-state index in [2.05, 4.69) is 11.1 Å². The average molecular weight is 466 g/mol. The summed E-state index contributed by atoms with van der Waals surface area (Å²) in [6, 6.07) is 19.0. The van der Waals surface area contributed by atoms with Crippen molar-refractivity contribution in [2.75, 3.05) is 14.2 Å². The molecule has 35 heavy (non-hydrogen) atoms. The Morgan fingerprint density at radius 3 is 2.63 bits per heavy atom. The second-order valence-electron chi connectivity index (χ2n) is 8.41. The number of nitrogens with zero attached hydrogens (tertiary/aromatic N) is 4. The predicted molar refractivity (Wildman–Crippen MR) is 130 cm³/mol. The van der Waals surface area contributed by atoms with E-state index in [4.69, 9.17) is 24.3 Å². The van der Waals surface area contributed by atoms with E-state index in [0.717, 1.165) is 27.8 Å². The maximum atomic E-state index is 10.1. The van der Waals surface area contributed by atoms with E-state index in [1.165, 1.54) is 0 Å². The van der Waals surface area contributed by atoms with Gasteiger partial charge in [-0.2, -0.15) is 0 Å². The molecule has 0 unspecified atom stereocenters. The largest absolute Gasteiger partial charge is 0.508 e. The van der Waals surface area contributed by atoms with E-state index in [9.17, 15) is 5.11 Å². The van der Waals surface area contributed by atoms with E-state index in [1.54, 1.807) is 37.2 Å². The van der Waals surface area contributed by atoms with Gasteiger partial charge in [0.25, 0.3) is 0 Å². The van der Waals surface area contributed by atoms with E-state index < -0.39 is 0 Å². The molecule has 0 radical (unpaired) electrons. The van der Waals surface area contributed by atoms with Crippen molar-refractivity contribution in [2.24, 2.45) is 0 Å². The highest BCUT2D eigenvalue weighted by Gasteiger charge is 2.34. The summed E-state index contributed by atoms with van der Waals surface area (Å²) < 4.78 is 18.8. The molecule has 0 fully saturated rings. The Hall–Kier alpha value is -4.59. The molecule has 1 aliphatic rings. The number of hydrogen-bond donors (Lipinski definition) is 1. The summed E-state index contributed by atoms with van der Waals surface area (Å²) in [5.41, 5.74) is 5.29. The molecule has 8 heteroatoms. The topological polar surface area (TPSA) is 91.0 Å². The average Bonchev–Trinajstić information content (AvgIpc) is 3.31. The molecule has 1 N–H and O–H groups in total. The molecule has 5 aromatic rings. The van der Waals surface area contributed by atoms with Crippen LogP contribution < -0.4 is 14.2 Å². The zero-order valence-corrected chi connectivity index (χ0v) is 19.4. The molecular weight excluding hydrogens is 444 g/mol. The SMILES string of the molecule is COc1ccc([C@@H]2c3ccc(O)cc3Oc3ncn4nc(-c5cccc(C)c5)nc4c32)cc1OC. The van der Waals surface area contributed by atoms with Crippen LogP contribution in [0.1, 0.15) is 28.2 Å². The van der Waals surface area contributed by atoms with Gasteiger partial charge in [-0.15, -0.1) is 5.10 Å². The Morgan fingerprint density at radius 2 is 1.83 bits per heavy atom. The minimum Gasteiger partial charge on any atom is -0.508 e. The molecule has 1 atom stereocenters. The van der Waals surface area contributed by atoms with Crippen molar-refractivity contribution < 1.29 is 19.3 Å². The van der Waals surface area contributed by atoms with E-state index in [1.807, 2.05) is 49.4 Å². The number of aromatic nitrogens is 4. The van der Waals surface area contributed by atoms with Gasteiger partial charge in [-0.25, -0.2) is 14.5 Å². The fraction of sp³-hybridized carbons (Fsp3) is 0.148. The molecule has 174 valence electrons. The number of methoxy groups -OCH3 is 2. The number of aromatic hydroxyl groups is 1. The van der Waals surface area contributed by atoms with Crippen molar-refractivity contribution in [3.05, 3.63) is 89.2 Å². The molecule has 0 amide bonds. The van der Waals surface area contributed by atoms with Crippen LogP contribution in [-0.2, 0) is 0 Å². The Bertz CT molecular complexity index is 1590. The number of ether oxygens (including phenoxy) is 3. The number of phenolic OH excluding ortho intramolecular Hbond substituents is 1. The number of fused-ring (bicyclic) bond motifs is 4. The molecule has 2 aromatic heterocycles. The molecule has 1 aliphatic heterocycles. The summed E-state index contributed by atoms with van der Waals surface area (Å²) in [6.45, 7) is 2.04. The van der Waals surface area contributed by atoms with Crippen LogP contribution in [0.3, 0.4) is 0 Å². The van der Waals surface area contributed by atoms with Crippen molar-refractivity contribution in [1.82, 2.24) is 19.6 Å². The molecule has 6 rings (SSSR count). The van der Waals surface area contributed by atoms with Gasteiger partial charge < -0.3 is 19.3 Å². The summed E-state index contributed by atoms with van der Waals surface area (Å²) in [4.78, 5) is 9.46. The first-order valence-corrected chi connectivity index (χ1v) is 11.1. The van der Waals surface area contributed by atoms with Crippen LogP contribution in [-0.4, -0.2) is 38.9 Å². The molecule has 0 saturated heterocycles. The number of rotatable bonds is 4. The van der Waals surface area contributed by atoms with Crippen molar-refractivity contribution in [2.45, 2.75) is 12.8 Å². The van der Waals surface area contributed by atoms with Gasteiger partial charge in [0.1, 0.15) is 17.8 Å². The van der Waals surface area contributed by atoms with Gasteiger partial charge in [-0.3, -0.25) is 0 Å². The van der Waals surface area contributed by atoms with E-state index >= 15 is 0 Å². The predicted octanol–water partition coefficient (Wildman–Crippen LogP) is 5.11. The summed E-state index contributed by atoms with van der Waals surface area (Å²) in [6.07, 6.45) is 1.60. The van der Waals surface area contributed by atoms with Crippen molar-refractivity contribution >= 4 is 5.65 Å². The molecule has 3 heterocycles. The zero-order chi connectivity index (χ0) is 24.1. The Kier molecular flexibility index (Phi) is 4.81. The molecule has 0 aliphatic carbocycles. The second kappa shape index (κ2) is 8.02. The molecule has 0 saturated carbocycles. The standard InChI is InChI=1S/C27H22N4O4/c1-15-5-4-6-17(11-15)25-29-26-24-23(16-7-10-20(33-2)22(12-16)34-3)19-9-8-18(32)13-21(19)35-27(24)28-14-31(26)30-25/h4-14,23,32H,1-3H3/t23-/m1/s1. The molecule has 3 aromatic carbocycles. The lowest BCUT2D eigenvalue weighted by Gasteiger charge is -2.28. The third-order valence-electron chi connectivity index (χ3n) is 6.21. The monoisotopic (exact) mass is 466 g/mol. The third kappa shape index (κ3) is 3.42. The molecule has 8 nitrogen and oxygen atoms in total. The maximum absolute atomic E-state index is 10.1. The highest BCUT2D eigenvalue weighted by atomic mass is 16.5. The highest BCUT2D eigenvalue weighted by Crippen LogP contribution is 2.49. The van der Waals surface area contributed by atoms with Crippen LogP contribution in [0.25, 0.3) is 17.0 Å². The highest BCUT2D eigenvalue weighted by molar-refractivity contribution is 5.69. The summed E-state index contributed by atoms with van der Waals surface area (Å²) >= 11 is 0. The van der Waals surface area contributed by atoms with Crippen LogP contribution >= 0.6 is 0 Å². The lowest BCUT2D eigenvalue weighted by molar-refractivity contribution is 0.354. The van der Waals surface area contributed by atoms with Crippen molar-refractivity contribution in [1.29, 1.82) is 0 Å². The Balaban J connectivity index is 1.61. The van der Waals surface area contributed by atoms with Crippen molar-refractivity contribution in [3.63, 3.8) is 0 Å². The van der Waals surface area contributed by atoms with Gasteiger partial charge in [-0.1, -0.05) is 35.9 Å². The quantitative estimate of drug-likeness (QED) is 0.386. The van der Waals surface area contributed by atoms with Crippen LogP contribution in [0.5, 0.6) is 28.9 Å². The van der Waals surface area contributed by atoms with Crippen LogP contribution in [0.2, 0.25) is 0 Å². The third-order valence-corrected chi connectivity index (χ3v) is 6.21. The van der Waals surface area contributed by atoms with Gasteiger partial charge in [-0.05, 0) is 36.8 Å². The van der Waals surface area contributed by atoms with Crippen LogP contribution in [0.4, 0.5) is 0 Å². The van der Waals surface area contributed by atoms with Gasteiger partial charge in [0.15, 0.2) is 23.0 Å². The maximum Gasteiger partial charge on any atom is 0.228 e. The molecule has 0 spiro atoms. The molecular formula is C27H22N4O4. The van der Waals surface area contributed by atoms with Crippen LogP contribution in [0.15, 0.2) is 67.0 Å². The summed E-state index contributed by atoms with van der Waals surface area (Å²) in [5.74, 6) is 2.62. The van der Waals surface area contributed by atoms with Gasteiger partial charge in [0.05, 0.1) is 19.8 Å². The first kappa shape index (κ1) is 21.0. The molecule has 0 bridgehead atoms. The Labute approximate surface area is 201 Å². The van der Waals surface area contributed by atoms with Gasteiger partial charge in [0, 0.05) is 23.1 Å². The van der Waals surface area contributed by atoms with Crippen molar-refractivity contribution in [3.8, 4) is 40.3 Å². The summed E-state index contributed by atoms with van der Waals surface area (Å²) in [5, 5.41) is 14.8. The number of aryl methyl sites for hydroxylation is 1. The summed E-state index contributed by atoms with van der Waals surface area (Å²) in [7, 11) is 3.22. The normalized spacial score (nSPS) is 14.2. The number of phenols is 1. The fourth-order valence-electron chi connectivity index (χ4n) is 4.59. The van der Waals surface area contributed by atoms with E-state index in [0.29, 0.717) is 34.6 Å². The van der Waals surface area contributed by atoms with Crippen LogP contribution in [0, 0.1) is 6.92 Å². The van der Waals surface area contributed by atoms with Gasteiger partial charge >= 0.3 is 0 Å². The number of hydrogen-bond acceptors (Lipinski definition) is 7. The lowest BCUT2D eigenvalue weighted by Crippen LogP contribution is -2.15. The first-order chi connectivity index (χ1) is 17.1. The smallest absolute Gasteiger partial charge is 0.228 e. The zero-order valence-electron chi connectivity index (χ0n) is 19.4. The number of benzene rings is 3. The van der Waals surface area contributed by atoms with Gasteiger partial charge in [0.2, 0.25) is 5.88 Å². The second-order valence-corrected chi connectivity index (χ2v) is 8.41. The fourth-order valence-corrected chi connectivity index (χ4v) is 4.59. The Morgan fingerprint density at radius 1 is 0.971 bits per heavy atom. The minimum absolute atomic E-state index is 0.114. The minimum atomic E-state index is -0.292. The first-order valence-electron chi connectivity index (χ1n) is 11.1. The lowest BCUT2D eigenvalue weighted by atomic mass is 9.83.